The molecule has 0 aliphatic heterocycles. The number of nitrogens with zero attached hydrogens (tertiary/aromatic N) is 5. The lowest BCUT2D eigenvalue weighted by Crippen LogP contribution is -2.27. The molecule has 0 bridgehead atoms. The smallest absolute Gasteiger partial charge is 0.276 e. The predicted molar refractivity (Wildman–Crippen MR) is 79.2 cm³/mol. The Morgan fingerprint density at radius 2 is 2.17 bits per heavy atom. The highest BCUT2D eigenvalue weighted by molar-refractivity contribution is 5.92. The van der Waals surface area contributed by atoms with Crippen LogP contribution in [-0.2, 0) is 13.0 Å². The van der Waals surface area contributed by atoms with Crippen molar-refractivity contribution in [1.82, 2.24) is 25.0 Å². The van der Waals surface area contributed by atoms with Crippen molar-refractivity contribution in [2.24, 2.45) is 0 Å². The van der Waals surface area contributed by atoms with Crippen LogP contribution < -0.4 is 0 Å². The van der Waals surface area contributed by atoms with Crippen molar-refractivity contribution >= 4 is 5.91 Å². The van der Waals surface area contributed by atoms with E-state index in [4.69, 9.17) is 8.94 Å². The predicted octanol–water partition coefficient (Wildman–Crippen LogP) is 1.95. The Hall–Kier alpha value is -3.03. The highest BCUT2D eigenvalue weighted by Crippen LogP contribution is 2.15. The third-order valence-electron chi connectivity index (χ3n) is 3.25. The molecule has 0 aliphatic rings. The van der Waals surface area contributed by atoms with Crippen LogP contribution in [0.15, 0.2) is 39.7 Å². The number of amides is 1. The van der Waals surface area contributed by atoms with E-state index in [1.54, 1.807) is 25.4 Å². The first-order valence-corrected chi connectivity index (χ1v) is 7.11. The first-order valence-electron chi connectivity index (χ1n) is 7.11. The zero-order valence-electron chi connectivity index (χ0n) is 12.8. The standard InChI is InChI=1S/C15H15N5O3/c1-3-11-13(17-9-22-11)15(21)20(2)8-12-18-14(19-23-12)10-6-4-5-7-16-10/h4-7,9H,3,8H2,1-2H3. The third kappa shape index (κ3) is 3.10. The van der Waals surface area contributed by atoms with Crippen molar-refractivity contribution in [3.63, 3.8) is 0 Å². The summed E-state index contributed by atoms with van der Waals surface area (Å²) in [5.41, 5.74) is 0.917. The molecule has 0 N–H and O–H groups in total. The number of hydrogen-bond acceptors (Lipinski definition) is 7. The summed E-state index contributed by atoms with van der Waals surface area (Å²) in [6, 6.07) is 5.43. The summed E-state index contributed by atoms with van der Waals surface area (Å²) in [5.74, 6) is 1.01. The summed E-state index contributed by atoms with van der Waals surface area (Å²) in [6.45, 7) is 2.07. The van der Waals surface area contributed by atoms with Gasteiger partial charge in [0.2, 0.25) is 11.7 Å². The van der Waals surface area contributed by atoms with E-state index in [-0.39, 0.29) is 12.5 Å². The fourth-order valence-corrected chi connectivity index (χ4v) is 2.07. The Balaban J connectivity index is 1.72. The van der Waals surface area contributed by atoms with E-state index in [0.29, 0.717) is 35.3 Å². The van der Waals surface area contributed by atoms with Gasteiger partial charge in [-0.25, -0.2) is 4.98 Å². The van der Waals surface area contributed by atoms with Gasteiger partial charge in [0.15, 0.2) is 12.1 Å². The van der Waals surface area contributed by atoms with Crippen LogP contribution in [-0.4, -0.2) is 38.0 Å². The monoisotopic (exact) mass is 313 g/mol. The van der Waals surface area contributed by atoms with Crippen molar-refractivity contribution < 1.29 is 13.7 Å². The molecule has 0 aliphatic carbocycles. The zero-order valence-corrected chi connectivity index (χ0v) is 12.8. The molecular weight excluding hydrogens is 298 g/mol. The molecule has 3 heterocycles. The Morgan fingerprint density at radius 3 is 2.91 bits per heavy atom. The molecule has 3 aromatic rings. The van der Waals surface area contributed by atoms with E-state index < -0.39 is 0 Å². The molecule has 0 spiro atoms. The van der Waals surface area contributed by atoms with Crippen LogP contribution in [0.4, 0.5) is 0 Å². The second-order valence-corrected chi connectivity index (χ2v) is 4.87. The quantitative estimate of drug-likeness (QED) is 0.710. The molecule has 0 aromatic carbocycles. The van der Waals surface area contributed by atoms with Gasteiger partial charge < -0.3 is 13.8 Å². The largest absolute Gasteiger partial charge is 0.448 e. The number of aromatic nitrogens is 4. The van der Waals surface area contributed by atoms with Gasteiger partial charge in [-0.15, -0.1) is 0 Å². The lowest BCUT2D eigenvalue weighted by molar-refractivity contribution is 0.0762. The van der Waals surface area contributed by atoms with Crippen LogP contribution in [0, 0.1) is 0 Å². The van der Waals surface area contributed by atoms with Crippen LogP contribution in [0.1, 0.15) is 29.1 Å². The van der Waals surface area contributed by atoms with Gasteiger partial charge in [-0.05, 0) is 12.1 Å². The second-order valence-electron chi connectivity index (χ2n) is 4.87. The van der Waals surface area contributed by atoms with E-state index in [9.17, 15) is 4.79 Å². The lowest BCUT2D eigenvalue weighted by atomic mass is 10.2. The molecular formula is C15H15N5O3. The average molecular weight is 313 g/mol. The van der Waals surface area contributed by atoms with E-state index in [2.05, 4.69) is 20.1 Å². The van der Waals surface area contributed by atoms with Crippen molar-refractivity contribution in [3.8, 4) is 11.5 Å². The summed E-state index contributed by atoms with van der Waals surface area (Å²) < 4.78 is 10.4. The molecule has 8 nitrogen and oxygen atoms in total. The van der Waals surface area contributed by atoms with E-state index >= 15 is 0 Å². The van der Waals surface area contributed by atoms with Crippen LogP contribution in [0.25, 0.3) is 11.5 Å². The maximum Gasteiger partial charge on any atom is 0.276 e. The Labute approximate surface area is 132 Å². The molecule has 8 heteroatoms. The van der Waals surface area contributed by atoms with Gasteiger partial charge in [0.1, 0.15) is 18.0 Å². The number of rotatable bonds is 5. The molecule has 0 fully saturated rings. The minimum atomic E-state index is -0.256. The van der Waals surface area contributed by atoms with Crippen molar-refractivity contribution in [1.29, 1.82) is 0 Å². The lowest BCUT2D eigenvalue weighted by Gasteiger charge is -2.13. The maximum atomic E-state index is 12.4. The molecule has 0 atom stereocenters. The van der Waals surface area contributed by atoms with Gasteiger partial charge in [-0.3, -0.25) is 9.78 Å². The number of aryl methyl sites for hydroxylation is 1. The van der Waals surface area contributed by atoms with Crippen LogP contribution >= 0.6 is 0 Å². The average Bonchev–Trinajstić information content (AvgIpc) is 3.23. The summed E-state index contributed by atoms with van der Waals surface area (Å²) in [4.78, 5) is 26.2. The number of oxazole rings is 1. The first kappa shape index (κ1) is 14.9. The number of hydrogen-bond donors (Lipinski definition) is 0. The normalized spacial score (nSPS) is 10.7. The minimum Gasteiger partial charge on any atom is -0.448 e. The molecule has 0 saturated carbocycles. The Morgan fingerprint density at radius 1 is 1.30 bits per heavy atom. The summed E-state index contributed by atoms with van der Waals surface area (Å²) >= 11 is 0. The second kappa shape index (κ2) is 6.39. The van der Waals surface area contributed by atoms with E-state index in [0.717, 1.165) is 0 Å². The topological polar surface area (TPSA) is 98.2 Å². The fraction of sp³-hybridized carbons (Fsp3) is 0.267. The summed E-state index contributed by atoms with van der Waals surface area (Å²) in [6.07, 6.45) is 3.52. The van der Waals surface area contributed by atoms with Crippen molar-refractivity contribution in [2.75, 3.05) is 7.05 Å². The van der Waals surface area contributed by atoms with Crippen molar-refractivity contribution in [3.05, 3.63) is 48.1 Å². The van der Waals surface area contributed by atoms with Crippen LogP contribution in [0.5, 0.6) is 0 Å². The van der Waals surface area contributed by atoms with E-state index in [1.807, 2.05) is 13.0 Å². The molecule has 0 radical (unpaired) electrons. The van der Waals surface area contributed by atoms with Crippen molar-refractivity contribution in [2.45, 2.75) is 19.9 Å². The minimum absolute atomic E-state index is 0.175. The molecule has 118 valence electrons. The van der Waals surface area contributed by atoms with Gasteiger partial charge in [-0.2, -0.15) is 4.98 Å². The highest BCUT2D eigenvalue weighted by atomic mass is 16.5. The van der Waals surface area contributed by atoms with Gasteiger partial charge in [-0.1, -0.05) is 18.1 Å². The Bertz CT molecular complexity index is 796. The molecule has 23 heavy (non-hydrogen) atoms. The highest BCUT2D eigenvalue weighted by Gasteiger charge is 2.21. The van der Waals surface area contributed by atoms with Gasteiger partial charge in [0.25, 0.3) is 5.91 Å². The van der Waals surface area contributed by atoms with Crippen LogP contribution in [0.3, 0.4) is 0 Å². The number of carbonyl (C=O) groups excluding carboxylic acids is 1. The number of pyridine rings is 1. The molecule has 3 aromatic heterocycles. The fourth-order valence-electron chi connectivity index (χ4n) is 2.07. The Kier molecular flexibility index (Phi) is 4.13. The molecule has 0 saturated heterocycles. The van der Waals surface area contributed by atoms with E-state index in [1.165, 1.54) is 11.3 Å². The zero-order chi connectivity index (χ0) is 16.2. The van der Waals surface area contributed by atoms with Gasteiger partial charge >= 0.3 is 0 Å². The summed E-state index contributed by atoms with van der Waals surface area (Å²) in [5, 5.41) is 3.87. The first-order chi connectivity index (χ1) is 11.2. The molecule has 3 rings (SSSR count). The maximum absolute atomic E-state index is 12.4. The van der Waals surface area contributed by atoms with Crippen LogP contribution in [0.2, 0.25) is 0 Å². The SMILES string of the molecule is CCc1ocnc1C(=O)N(C)Cc1nc(-c2ccccn2)no1. The molecule has 0 unspecified atom stereocenters. The van der Waals surface area contributed by atoms with Gasteiger partial charge in [0.05, 0.1) is 0 Å². The summed E-state index contributed by atoms with van der Waals surface area (Å²) in [7, 11) is 1.64. The third-order valence-corrected chi connectivity index (χ3v) is 3.25. The number of carbonyl (C=O) groups is 1. The van der Waals surface area contributed by atoms with Gasteiger partial charge in [0, 0.05) is 19.7 Å². The molecule has 1 amide bonds.